The minimum Gasteiger partial charge on any atom is -0.726 e. The summed E-state index contributed by atoms with van der Waals surface area (Å²) < 4.78 is 31.0. The van der Waals surface area contributed by atoms with E-state index in [4.69, 9.17) is 0 Å². The standard InChI is InChI=1S/C2H8NO.CH4O4S/c1-2-4-3;1-5-6(2,3)4/h2H2,1,3H3;1H3,(H,2,3,4)/q+1;/p-1. The van der Waals surface area contributed by atoms with E-state index in [2.05, 4.69) is 14.9 Å². The van der Waals surface area contributed by atoms with Crippen LogP contribution < -0.4 is 5.90 Å². The zero-order valence-corrected chi connectivity index (χ0v) is 6.68. The van der Waals surface area contributed by atoms with E-state index >= 15 is 0 Å². The largest absolute Gasteiger partial charge is 0.726 e. The summed E-state index contributed by atoms with van der Waals surface area (Å²) >= 11 is 0. The molecule has 0 aliphatic heterocycles. The van der Waals surface area contributed by atoms with Gasteiger partial charge in [-0.1, -0.05) is 0 Å². The summed E-state index contributed by atoms with van der Waals surface area (Å²) in [4.78, 5) is 4.29. The summed E-state index contributed by atoms with van der Waals surface area (Å²) in [5.74, 6) is 3.10. The minimum absolute atomic E-state index is 0.708. The Morgan fingerprint density at radius 1 is 1.60 bits per heavy atom. The molecule has 0 heterocycles. The Morgan fingerprint density at radius 3 is 1.80 bits per heavy atom. The molecule has 3 N–H and O–H groups in total. The Morgan fingerprint density at radius 2 is 1.80 bits per heavy atom. The quantitative estimate of drug-likeness (QED) is 0.303. The fourth-order valence-electron chi connectivity index (χ4n) is 0. The first-order chi connectivity index (χ1) is 4.47. The molecule has 7 heteroatoms. The molecule has 0 spiro atoms. The zero-order chi connectivity index (χ0) is 8.62. The van der Waals surface area contributed by atoms with Gasteiger partial charge in [0.15, 0.2) is 0 Å². The molecule has 0 radical (unpaired) electrons. The van der Waals surface area contributed by atoms with Gasteiger partial charge in [0.25, 0.3) is 0 Å². The van der Waals surface area contributed by atoms with Gasteiger partial charge in [0.2, 0.25) is 10.4 Å². The lowest BCUT2D eigenvalue weighted by molar-refractivity contribution is -0.688. The molecular formula is C3H11NO5S. The van der Waals surface area contributed by atoms with Gasteiger partial charge in [0.1, 0.15) is 6.61 Å². The number of quaternary nitrogens is 1. The van der Waals surface area contributed by atoms with Crippen molar-refractivity contribution in [1.29, 1.82) is 0 Å². The molecule has 0 saturated carbocycles. The molecule has 0 aromatic heterocycles. The van der Waals surface area contributed by atoms with Crippen molar-refractivity contribution in [3.63, 3.8) is 0 Å². The highest BCUT2D eigenvalue weighted by molar-refractivity contribution is 7.80. The second kappa shape index (κ2) is 6.90. The molecule has 64 valence electrons. The molecule has 0 fully saturated rings. The van der Waals surface area contributed by atoms with Crippen LogP contribution in [0.15, 0.2) is 0 Å². The van der Waals surface area contributed by atoms with Gasteiger partial charge in [0, 0.05) is 0 Å². The van der Waals surface area contributed by atoms with E-state index in [1.807, 2.05) is 6.92 Å². The highest BCUT2D eigenvalue weighted by Gasteiger charge is 1.79. The third kappa shape index (κ3) is 25.0. The summed E-state index contributed by atoms with van der Waals surface area (Å²) in [6.07, 6.45) is 0. The predicted octanol–water partition coefficient (Wildman–Crippen LogP) is -1.73. The Kier molecular flexibility index (Phi) is 8.61. The number of hydrogen-bond acceptors (Lipinski definition) is 5. The second-order valence-corrected chi connectivity index (χ2v) is 2.22. The molecule has 0 aromatic carbocycles. The Balaban J connectivity index is 0. The van der Waals surface area contributed by atoms with Crippen molar-refractivity contribution in [2.75, 3.05) is 13.7 Å². The van der Waals surface area contributed by atoms with Crippen LogP contribution in [0.4, 0.5) is 0 Å². The average Bonchev–Trinajstić information content (AvgIpc) is 1.87. The maximum atomic E-state index is 9.22. The molecule has 0 amide bonds. The molecule has 0 aliphatic rings. The summed E-state index contributed by atoms with van der Waals surface area (Å²) in [5, 5.41) is 0. The molecule has 0 aliphatic carbocycles. The van der Waals surface area contributed by atoms with Gasteiger partial charge >= 0.3 is 0 Å². The lowest BCUT2D eigenvalue weighted by atomic mass is 10.9. The summed E-state index contributed by atoms with van der Waals surface area (Å²) in [6.45, 7) is 2.60. The summed E-state index contributed by atoms with van der Waals surface area (Å²) in [7, 11) is -3.60. The first kappa shape index (κ1) is 12.5. The van der Waals surface area contributed by atoms with Crippen molar-refractivity contribution in [2.45, 2.75) is 6.92 Å². The smallest absolute Gasteiger partial charge is 0.217 e. The van der Waals surface area contributed by atoms with Crippen molar-refractivity contribution >= 4 is 10.4 Å². The molecular weight excluding hydrogens is 162 g/mol. The van der Waals surface area contributed by atoms with Gasteiger partial charge in [0.05, 0.1) is 7.11 Å². The second-order valence-electron chi connectivity index (χ2n) is 1.07. The van der Waals surface area contributed by atoms with Crippen LogP contribution in [-0.2, 0) is 19.4 Å². The van der Waals surface area contributed by atoms with Crippen LogP contribution in [0.3, 0.4) is 0 Å². The van der Waals surface area contributed by atoms with Crippen LogP contribution >= 0.6 is 0 Å². The molecule has 0 rings (SSSR count). The van der Waals surface area contributed by atoms with Crippen LogP contribution in [0, 0.1) is 0 Å². The maximum Gasteiger partial charge on any atom is 0.217 e. The molecule has 0 unspecified atom stereocenters. The highest BCUT2D eigenvalue weighted by Crippen LogP contribution is 1.74. The fourth-order valence-corrected chi connectivity index (χ4v) is 0. The van der Waals surface area contributed by atoms with Crippen LogP contribution in [0.1, 0.15) is 6.92 Å². The molecule has 0 atom stereocenters. The summed E-state index contributed by atoms with van der Waals surface area (Å²) in [6, 6.07) is 0. The first-order valence-corrected chi connectivity index (χ1v) is 3.69. The molecule has 0 aromatic rings. The lowest BCUT2D eigenvalue weighted by Gasteiger charge is -1.98. The monoisotopic (exact) mass is 173 g/mol. The van der Waals surface area contributed by atoms with Crippen molar-refractivity contribution in [3.05, 3.63) is 0 Å². The van der Waals surface area contributed by atoms with Gasteiger partial charge in [-0.05, 0) is 6.92 Å². The third-order valence-electron chi connectivity index (χ3n) is 0.408. The van der Waals surface area contributed by atoms with Gasteiger partial charge in [-0.15, -0.1) is 0 Å². The van der Waals surface area contributed by atoms with E-state index in [1.165, 1.54) is 0 Å². The van der Waals surface area contributed by atoms with E-state index in [-0.39, 0.29) is 0 Å². The molecule has 0 saturated heterocycles. The van der Waals surface area contributed by atoms with Crippen molar-refractivity contribution in [2.24, 2.45) is 0 Å². The number of rotatable bonds is 2. The van der Waals surface area contributed by atoms with E-state index in [9.17, 15) is 13.0 Å². The maximum absolute atomic E-state index is 9.22. The van der Waals surface area contributed by atoms with E-state index in [0.717, 1.165) is 7.11 Å². The van der Waals surface area contributed by atoms with E-state index in [0.29, 0.717) is 6.61 Å². The predicted molar refractivity (Wildman–Crippen MR) is 31.2 cm³/mol. The Hall–Kier alpha value is -0.210. The normalized spacial score (nSPS) is 10.0. The third-order valence-corrected chi connectivity index (χ3v) is 0.816. The fraction of sp³-hybridized carbons (Fsp3) is 1.00. The minimum atomic E-state index is -4.41. The van der Waals surface area contributed by atoms with Gasteiger partial charge in [-0.2, -0.15) is 0 Å². The molecule has 6 nitrogen and oxygen atoms in total. The van der Waals surface area contributed by atoms with Crippen LogP contribution in [0.5, 0.6) is 0 Å². The lowest BCUT2D eigenvalue weighted by Crippen LogP contribution is -2.48. The van der Waals surface area contributed by atoms with Crippen molar-refractivity contribution in [1.82, 2.24) is 0 Å². The Labute approximate surface area is 59.8 Å². The Bertz CT molecular complexity index is 139. The molecule has 10 heavy (non-hydrogen) atoms. The van der Waals surface area contributed by atoms with E-state index < -0.39 is 10.4 Å². The average molecular weight is 173 g/mol. The highest BCUT2D eigenvalue weighted by atomic mass is 32.3. The van der Waals surface area contributed by atoms with Gasteiger partial charge in [-0.25, -0.2) is 19.2 Å². The van der Waals surface area contributed by atoms with Crippen LogP contribution in [-0.4, -0.2) is 26.7 Å². The van der Waals surface area contributed by atoms with Crippen molar-refractivity contribution in [3.8, 4) is 0 Å². The summed E-state index contributed by atoms with van der Waals surface area (Å²) in [5.41, 5.74) is 0. The number of hydrogen-bond donors (Lipinski definition) is 1. The van der Waals surface area contributed by atoms with Crippen LogP contribution in [0.2, 0.25) is 0 Å². The van der Waals surface area contributed by atoms with Gasteiger partial charge < -0.3 is 4.55 Å². The van der Waals surface area contributed by atoms with E-state index in [1.54, 1.807) is 0 Å². The topological polar surface area (TPSA) is 103 Å². The van der Waals surface area contributed by atoms with Crippen molar-refractivity contribution < 1.29 is 27.9 Å². The molecule has 0 bridgehead atoms. The van der Waals surface area contributed by atoms with Gasteiger partial charge in [-0.3, -0.25) is 4.18 Å². The first-order valence-electron chi connectivity index (χ1n) is 2.36. The SMILES string of the molecule is CCO[NH3+].COS(=O)(=O)[O-]. The zero-order valence-electron chi connectivity index (χ0n) is 5.86. The van der Waals surface area contributed by atoms with Crippen LogP contribution in [0.25, 0.3) is 0 Å².